The molecule has 1 aromatic carbocycles. The summed E-state index contributed by atoms with van der Waals surface area (Å²) in [6, 6.07) is 7.89. The number of anilines is 1. The van der Waals surface area contributed by atoms with Gasteiger partial charge in [-0.25, -0.2) is 0 Å². The van der Waals surface area contributed by atoms with Gasteiger partial charge in [0.2, 0.25) is 17.7 Å². The third kappa shape index (κ3) is 9.07. The first-order chi connectivity index (χ1) is 16.4. The number of nitrogens with one attached hydrogen (secondary N) is 2. The summed E-state index contributed by atoms with van der Waals surface area (Å²) >= 11 is 0. The van der Waals surface area contributed by atoms with Gasteiger partial charge in [-0.05, 0) is 57.7 Å². The summed E-state index contributed by atoms with van der Waals surface area (Å²) in [5, 5.41) is 9.37. The van der Waals surface area contributed by atoms with E-state index in [0.29, 0.717) is 41.8 Å². The van der Waals surface area contributed by atoms with Crippen LogP contribution in [0.5, 0.6) is 5.75 Å². The van der Waals surface area contributed by atoms with Gasteiger partial charge in [0.05, 0.1) is 7.11 Å². The maximum atomic E-state index is 13.5. The normalized spacial score (nSPS) is 12.2. The van der Waals surface area contributed by atoms with Gasteiger partial charge in [0.1, 0.15) is 17.6 Å². The van der Waals surface area contributed by atoms with Crippen molar-refractivity contribution in [2.75, 3.05) is 19.0 Å². The smallest absolute Gasteiger partial charge is 0.247 e. The molecule has 2 N–H and O–H groups in total. The summed E-state index contributed by atoms with van der Waals surface area (Å²) in [5.41, 5.74) is 0.191. The fraction of sp³-hybridized carbons (Fsp3) is 0.538. The number of carbonyl (C=O) groups excluding carboxylic acids is 3. The van der Waals surface area contributed by atoms with Gasteiger partial charge in [0, 0.05) is 31.0 Å². The first kappa shape index (κ1) is 27.9. The number of rotatable bonds is 11. The van der Waals surface area contributed by atoms with Gasteiger partial charge in [-0.15, -0.1) is 0 Å². The van der Waals surface area contributed by atoms with E-state index in [-0.39, 0.29) is 30.6 Å². The Bertz CT molecular complexity index is 992. The van der Waals surface area contributed by atoms with Crippen molar-refractivity contribution in [2.45, 2.75) is 72.4 Å². The molecule has 0 aliphatic heterocycles. The zero-order valence-electron chi connectivity index (χ0n) is 21.8. The van der Waals surface area contributed by atoms with Crippen LogP contribution in [-0.2, 0) is 14.4 Å². The molecule has 0 unspecified atom stereocenters. The summed E-state index contributed by atoms with van der Waals surface area (Å²) < 4.78 is 10.2. The first-order valence-corrected chi connectivity index (χ1v) is 11.9. The van der Waals surface area contributed by atoms with Crippen molar-refractivity contribution in [1.82, 2.24) is 15.4 Å². The number of ether oxygens (including phenoxy) is 1. The van der Waals surface area contributed by atoms with Gasteiger partial charge in [-0.2, -0.15) is 0 Å². The molecule has 1 atom stereocenters. The molecular formula is C26H38N4O5. The van der Waals surface area contributed by atoms with Crippen LogP contribution in [-0.4, -0.2) is 47.0 Å². The topological polar surface area (TPSA) is 114 Å². The number of aryl methyl sites for hydroxylation is 1. The van der Waals surface area contributed by atoms with Crippen LogP contribution in [0.1, 0.15) is 71.2 Å². The second-order valence-corrected chi connectivity index (χ2v) is 10.1. The molecule has 1 heterocycles. The second-order valence-electron chi connectivity index (χ2n) is 10.1. The van der Waals surface area contributed by atoms with E-state index >= 15 is 0 Å². The van der Waals surface area contributed by atoms with E-state index in [1.165, 1.54) is 0 Å². The van der Waals surface area contributed by atoms with E-state index in [0.717, 1.165) is 0 Å². The lowest BCUT2D eigenvalue weighted by Gasteiger charge is -2.34. The van der Waals surface area contributed by atoms with Crippen LogP contribution in [0.15, 0.2) is 34.9 Å². The molecular weight excluding hydrogens is 448 g/mol. The van der Waals surface area contributed by atoms with Gasteiger partial charge in [0.15, 0.2) is 5.82 Å². The average molecular weight is 487 g/mol. The summed E-state index contributed by atoms with van der Waals surface area (Å²) in [7, 11) is 1.57. The van der Waals surface area contributed by atoms with Crippen molar-refractivity contribution < 1.29 is 23.6 Å². The Morgan fingerprint density at radius 3 is 2.29 bits per heavy atom. The average Bonchev–Trinajstić information content (AvgIpc) is 3.18. The molecule has 35 heavy (non-hydrogen) atoms. The van der Waals surface area contributed by atoms with E-state index in [2.05, 4.69) is 29.6 Å². The number of benzene rings is 1. The van der Waals surface area contributed by atoms with Crippen molar-refractivity contribution in [2.24, 2.45) is 5.92 Å². The third-order valence-electron chi connectivity index (χ3n) is 5.22. The predicted octanol–water partition coefficient (Wildman–Crippen LogP) is 4.24. The highest BCUT2D eigenvalue weighted by atomic mass is 16.5. The fourth-order valence-electron chi connectivity index (χ4n) is 3.49. The van der Waals surface area contributed by atoms with E-state index < -0.39 is 11.6 Å². The molecule has 9 nitrogen and oxygen atoms in total. The monoisotopic (exact) mass is 486 g/mol. The summed E-state index contributed by atoms with van der Waals surface area (Å²) in [4.78, 5) is 40.9. The molecule has 0 saturated carbocycles. The number of carbonyl (C=O) groups is 3. The van der Waals surface area contributed by atoms with Crippen LogP contribution in [0.2, 0.25) is 0 Å². The third-order valence-corrected chi connectivity index (χ3v) is 5.22. The maximum absolute atomic E-state index is 13.5. The standard InChI is InChI=1S/C26H38N4O5/c1-17(2)14-15-30(23(32)13-12-22(31)27-21-16-18(3)35-29-21)24(25(33)28-26(4,5)6)19-8-10-20(34-7)11-9-19/h8-11,16-17,24H,12-15H2,1-7H3,(H,28,33)(H,27,29,31)/t24-/m1/s1. The van der Waals surface area contributed by atoms with Gasteiger partial charge in [-0.1, -0.05) is 31.1 Å². The Kier molecular flexibility index (Phi) is 9.86. The Labute approximate surface area is 207 Å². The molecule has 3 amide bonds. The van der Waals surface area contributed by atoms with Crippen LogP contribution in [0.4, 0.5) is 5.82 Å². The molecule has 9 heteroatoms. The van der Waals surface area contributed by atoms with E-state index in [1.807, 2.05) is 20.8 Å². The molecule has 0 saturated heterocycles. The molecule has 0 bridgehead atoms. The minimum atomic E-state index is -0.840. The van der Waals surface area contributed by atoms with Crippen molar-refractivity contribution in [1.29, 1.82) is 0 Å². The fourth-order valence-corrected chi connectivity index (χ4v) is 3.49. The number of methoxy groups -OCH3 is 1. The number of hydrogen-bond donors (Lipinski definition) is 2. The highest BCUT2D eigenvalue weighted by Gasteiger charge is 2.33. The summed E-state index contributed by atoms with van der Waals surface area (Å²) in [5.74, 6) is 0.954. The van der Waals surface area contributed by atoms with E-state index in [9.17, 15) is 14.4 Å². The van der Waals surface area contributed by atoms with Crippen LogP contribution in [0, 0.1) is 12.8 Å². The first-order valence-electron chi connectivity index (χ1n) is 11.9. The number of aromatic nitrogens is 1. The SMILES string of the molecule is COc1ccc([C@H](C(=O)NC(C)(C)C)N(CCC(C)C)C(=O)CCC(=O)Nc2cc(C)on2)cc1. The quantitative estimate of drug-likeness (QED) is 0.491. The summed E-state index contributed by atoms with van der Waals surface area (Å²) in [6.07, 6.45) is 0.626. The molecule has 0 aliphatic rings. The van der Waals surface area contributed by atoms with Crippen LogP contribution in [0.25, 0.3) is 0 Å². The van der Waals surface area contributed by atoms with Gasteiger partial charge in [0.25, 0.3) is 0 Å². The van der Waals surface area contributed by atoms with Crippen molar-refractivity contribution in [3.05, 3.63) is 41.7 Å². The minimum Gasteiger partial charge on any atom is -0.497 e. The van der Waals surface area contributed by atoms with Crippen molar-refractivity contribution in [3.8, 4) is 5.75 Å². The van der Waals surface area contributed by atoms with E-state index in [4.69, 9.17) is 9.26 Å². The van der Waals surface area contributed by atoms with Crippen LogP contribution >= 0.6 is 0 Å². The van der Waals surface area contributed by atoms with Gasteiger partial charge in [-0.3, -0.25) is 14.4 Å². The molecule has 192 valence electrons. The molecule has 0 aliphatic carbocycles. The molecule has 0 fully saturated rings. The maximum Gasteiger partial charge on any atom is 0.247 e. The Hall–Kier alpha value is -3.36. The van der Waals surface area contributed by atoms with Crippen molar-refractivity contribution >= 4 is 23.5 Å². The number of hydrogen-bond acceptors (Lipinski definition) is 6. The minimum absolute atomic E-state index is 0.0425. The molecule has 2 rings (SSSR count). The van der Waals surface area contributed by atoms with E-state index in [1.54, 1.807) is 49.3 Å². The number of nitrogens with zero attached hydrogens (tertiary/aromatic N) is 2. The van der Waals surface area contributed by atoms with Gasteiger partial charge >= 0.3 is 0 Å². The Morgan fingerprint density at radius 2 is 1.77 bits per heavy atom. The molecule has 1 aromatic heterocycles. The highest BCUT2D eigenvalue weighted by Crippen LogP contribution is 2.26. The Balaban J connectivity index is 2.28. The lowest BCUT2D eigenvalue weighted by Crippen LogP contribution is -2.49. The zero-order chi connectivity index (χ0) is 26.2. The highest BCUT2D eigenvalue weighted by molar-refractivity contribution is 5.94. The van der Waals surface area contributed by atoms with Crippen LogP contribution in [0.3, 0.4) is 0 Å². The lowest BCUT2D eigenvalue weighted by atomic mass is 9.99. The predicted molar refractivity (Wildman–Crippen MR) is 134 cm³/mol. The van der Waals surface area contributed by atoms with Crippen molar-refractivity contribution in [3.63, 3.8) is 0 Å². The zero-order valence-corrected chi connectivity index (χ0v) is 21.8. The number of amides is 3. The second kappa shape index (κ2) is 12.4. The lowest BCUT2D eigenvalue weighted by molar-refractivity contribution is -0.142. The van der Waals surface area contributed by atoms with Gasteiger partial charge < -0.3 is 24.8 Å². The molecule has 2 aromatic rings. The van der Waals surface area contributed by atoms with Crippen LogP contribution < -0.4 is 15.4 Å². The largest absolute Gasteiger partial charge is 0.497 e. The Morgan fingerprint density at radius 1 is 1.11 bits per heavy atom. The summed E-state index contributed by atoms with van der Waals surface area (Å²) in [6.45, 7) is 11.9. The molecule has 0 radical (unpaired) electrons. The molecule has 0 spiro atoms.